The van der Waals surface area contributed by atoms with E-state index < -0.39 is 0 Å². The number of carbonyl (C=O) groups excluding carboxylic acids is 1. The highest BCUT2D eigenvalue weighted by Gasteiger charge is 2.36. The Morgan fingerprint density at radius 3 is 2.90 bits per heavy atom. The molecule has 1 amide bonds. The van der Waals surface area contributed by atoms with Crippen LogP contribution in [0.3, 0.4) is 0 Å². The van der Waals surface area contributed by atoms with Crippen molar-refractivity contribution in [3.63, 3.8) is 0 Å². The minimum Gasteiger partial charge on any atom is -0.342 e. The van der Waals surface area contributed by atoms with E-state index in [2.05, 4.69) is 20.4 Å². The zero-order valence-corrected chi connectivity index (χ0v) is 12.8. The van der Waals surface area contributed by atoms with Gasteiger partial charge in [-0.3, -0.25) is 9.48 Å². The second-order valence-electron chi connectivity index (χ2n) is 5.09. The summed E-state index contributed by atoms with van der Waals surface area (Å²) in [5.41, 5.74) is 0.609. The van der Waals surface area contributed by atoms with Gasteiger partial charge in [-0.1, -0.05) is 0 Å². The number of rotatable bonds is 5. The van der Waals surface area contributed by atoms with Crippen molar-refractivity contribution in [1.29, 1.82) is 0 Å². The Morgan fingerprint density at radius 2 is 2.29 bits per heavy atom. The number of thioether (sulfide) groups is 1. The molecule has 21 heavy (non-hydrogen) atoms. The molecule has 1 atom stereocenters. The summed E-state index contributed by atoms with van der Waals surface area (Å²) in [7, 11) is 1.85. The Labute approximate surface area is 127 Å². The predicted molar refractivity (Wildman–Crippen MR) is 80.0 cm³/mol. The molecule has 1 N–H and O–H groups in total. The monoisotopic (exact) mass is 303 g/mol. The molecule has 0 bridgehead atoms. The number of nitrogens with zero attached hydrogens (tertiary/aromatic N) is 4. The highest BCUT2D eigenvalue weighted by molar-refractivity contribution is 7.98. The van der Waals surface area contributed by atoms with Crippen molar-refractivity contribution in [1.82, 2.24) is 25.1 Å². The molecule has 0 aromatic carbocycles. The molecule has 110 valence electrons. The van der Waals surface area contributed by atoms with Crippen molar-refractivity contribution in [2.75, 3.05) is 6.26 Å². The third kappa shape index (κ3) is 2.92. The summed E-state index contributed by atoms with van der Waals surface area (Å²) in [6, 6.07) is 3.50. The fourth-order valence-electron chi connectivity index (χ4n) is 2.35. The predicted octanol–water partition coefficient (Wildman–Crippen LogP) is 1.81. The lowest BCUT2D eigenvalue weighted by Crippen LogP contribution is -2.32. The van der Waals surface area contributed by atoms with Gasteiger partial charge in [0.2, 0.25) is 0 Å². The van der Waals surface area contributed by atoms with Crippen molar-refractivity contribution in [3.05, 3.63) is 36.0 Å². The zero-order chi connectivity index (χ0) is 14.8. The fourth-order valence-corrected chi connectivity index (χ4v) is 2.90. The number of hydrogen-bond donors (Lipinski definition) is 1. The summed E-state index contributed by atoms with van der Waals surface area (Å²) < 4.78 is 1.72. The molecule has 2 heterocycles. The van der Waals surface area contributed by atoms with Gasteiger partial charge in [-0.05, 0) is 37.1 Å². The number of nitrogens with one attached hydrogen (secondary N) is 1. The summed E-state index contributed by atoms with van der Waals surface area (Å²) in [5, 5.41) is 7.94. The normalized spacial score (nSPS) is 15.7. The third-order valence-electron chi connectivity index (χ3n) is 3.61. The average Bonchev–Trinajstić information content (AvgIpc) is 3.26. The summed E-state index contributed by atoms with van der Waals surface area (Å²) in [5.74, 6) is 1.15. The van der Waals surface area contributed by atoms with Crippen LogP contribution in [-0.2, 0) is 7.05 Å². The van der Waals surface area contributed by atoms with Crippen molar-refractivity contribution in [3.8, 4) is 0 Å². The molecule has 1 fully saturated rings. The first-order valence-corrected chi connectivity index (χ1v) is 8.07. The van der Waals surface area contributed by atoms with Crippen LogP contribution in [0.4, 0.5) is 0 Å². The minimum absolute atomic E-state index is 0.0834. The van der Waals surface area contributed by atoms with E-state index in [9.17, 15) is 4.79 Å². The van der Waals surface area contributed by atoms with Crippen molar-refractivity contribution in [2.45, 2.75) is 23.9 Å². The van der Waals surface area contributed by atoms with Crippen LogP contribution >= 0.6 is 11.8 Å². The molecular weight excluding hydrogens is 286 g/mol. The maximum Gasteiger partial charge on any atom is 0.254 e. The molecule has 1 saturated carbocycles. The number of amides is 1. The lowest BCUT2D eigenvalue weighted by molar-refractivity contribution is 0.0925. The van der Waals surface area contributed by atoms with Crippen LogP contribution in [0, 0.1) is 5.92 Å². The fraction of sp³-hybridized carbons (Fsp3) is 0.429. The van der Waals surface area contributed by atoms with Gasteiger partial charge in [0, 0.05) is 13.2 Å². The summed E-state index contributed by atoms with van der Waals surface area (Å²) in [6.45, 7) is 0. The van der Waals surface area contributed by atoms with Gasteiger partial charge in [-0.15, -0.1) is 11.8 Å². The smallest absolute Gasteiger partial charge is 0.254 e. The van der Waals surface area contributed by atoms with Crippen LogP contribution < -0.4 is 5.32 Å². The van der Waals surface area contributed by atoms with Crippen LogP contribution in [0.1, 0.15) is 35.1 Å². The molecule has 0 saturated heterocycles. The highest BCUT2D eigenvalue weighted by Crippen LogP contribution is 2.40. The van der Waals surface area contributed by atoms with Gasteiger partial charge >= 0.3 is 0 Å². The molecule has 2 aromatic heterocycles. The second kappa shape index (κ2) is 5.85. The molecule has 3 rings (SSSR count). The minimum atomic E-state index is -0.104. The number of aromatic nitrogens is 4. The first kappa shape index (κ1) is 14.1. The summed E-state index contributed by atoms with van der Waals surface area (Å²) in [6.07, 6.45) is 7.36. The van der Waals surface area contributed by atoms with Gasteiger partial charge in [0.15, 0.2) is 0 Å². The Hall–Kier alpha value is -1.89. The van der Waals surface area contributed by atoms with E-state index in [1.54, 1.807) is 23.0 Å². The van der Waals surface area contributed by atoms with Crippen LogP contribution in [0.25, 0.3) is 0 Å². The molecule has 0 aliphatic heterocycles. The second-order valence-corrected chi connectivity index (χ2v) is 5.89. The Bertz CT molecular complexity index is 652. The first-order chi connectivity index (χ1) is 10.2. The lowest BCUT2D eigenvalue weighted by atomic mass is 10.1. The van der Waals surface area contributed by atoms with Crippen molar-refractivity contribution >= 4 is 17.7 Å². The molecule has 0 unspecified atom stereocenters. The van der Waals surface area contributed by atoms with E-state index in [0.29, 0.717) is 11.5 Å². The topological polar surface area (TPSA) is 72.7 Å². The summed E-state index contributed by atoms with van der Waals surface area (Å²) in [4.78, 5) is 21.1. The number of carbonyl (C=O) groups is 1. The van der Waals surface area contributed by atoms with E-state index in [-0.39, 0.29) is 11.9 Å². The highest BCUT2D eigenvalue weighted by atomic mass is 32.2. The first-order valence-electron chi connectivity index (χ1n) is 6.84. The van der Waals surface area contributed by atoms with E-state index in [4.69, 9.17) is 0 Å². The van der Waals surface area contributed by atoms with Crippen LogP contribution in [0.2, 0.25) is 0 Å². The molecule has 2 aromatic rings. The van der Waals surface area contributed by atoms with Crippen molar-refractivity contribution in [2.24, 2.45) is 13.0 Å². The summed E-state index contributed by atoms with van der Waals surface area (Å²) >= 11 is 1.47. The molecule has 0 spiro atoms. The average molecular weight is 303 g/mol. The van der Waals surface area contributed by atoms with Gasteiger partial charge in [0.25, 0.3) is 5.91 Å². The van der Waals surface area contributed by atoms with Gasteiger partial charge < -0.3 is 5.32 Å². The van der Waals surface area contributed by atoms with E-state index >= 15 is 0 Å². The lowest BCUT2D eigenvalue weighted by Gasteiger charge is -2.18. The van der Waals surface area contributed by atoms with E-state index in [0.717, 1.165) is 23.7 Å². The SMILES string of the molecule is CSc1ncccc1C(=O)N[C@@H](c1ncnn1C)C1CC1. The largest absolute Gasteiger partial charge is 0.342 e. The quantitative estimate of drug-likeness (QED) is 0.853. The molecule has 1 aliphatic carbocycles. The zero-order valence-electron chi connectivity index (χ0n) is 12.0. The van der Waals surface area contributed by atoms with Gasteiger partial charge in [-0.2, -0.15) is 5.10 Å². The van der Waals surface area contributed by atoms with E-state index in [1.165, 1.54) is 18.1 Å². The Kier molecular flexibility index (Phi) is 3.92. The van der Waals surface area contributed by atoms with Gasteiger partial charge in [-0.25, -0.2) is 9.97 Å². The maximum atomic E-state index is 12.6. The molecular formula is C14H17N5OS. The van der Waals surface area contributed by atoms with Gasteiger partial charge in [0.1, 0.15) is 17.2 Å². The Balaban J connectivity index is 1.83. The molecule has 0 radical (unpaired) electrons. The van der Waals surface area contributed by atoms with Crippen molar-refractivity contribution < 1.29 is 4.79 Å². The third-order valence-corrected chi connectivity index (χ3v) is 4.33. The number of aryl methyl sites for hydroxylation is 1. The number of pyridine rings is 1. The standard InChI is InChI=1S/C14H17N5OS/c1-19-12(16-8-17-19)11(9-5-6-9)18-13(20)10-4-3-7-15-14(10)21-2/h3-4,7-9,11H,5-6H2,1-2H3,(H,18,20)/t11-/m1/s1. The van der Waals surface area contributed by atoms with Crippen LogP contribution in [0.15, 0.2) is 29.7 Å². The molecule has 6 nitrogen and oxygen atoms in total. The van der Waals surface area contributed by atoms with Crippen LogP contribution in [-0.4, -0.2) is 31.9 Å². The number of hydrogen-bond acceptors (Lipinski definition) is 5. The van der Waals surface area contributed by atoms with Gasteiger partial charge in [0.05, 0.1) is 11.6 Å². The molecule has 7 heteroatoms. The Morgan fingerprint density at radius 1 is 1.48 bits per heavy atom. The molecule has 1 aliphatic rings. The maximum absolute atomic E-state index is 12.6. The van der Waals surface area contributed by atoms with E-state index in [1.807, 2.05) is 13.3 Å². The van der Waals surface area contributed by atoms with Crippen LogP contribution in [0.5, 0.6) is 0 Å².